The fraction of sp³-hybridized carbons (Fsp3) is 0.375. The van der Waals surface area contributed by atoms with Gasteiger partial charge in [-0.3, -0.25) is 4.90 Å². The number of hydrogen-bond acceptors (Lipinski definition) is 2. The van der Waals surface area contributed by atoms with Gasteiger partial charge in [0, 0.05) is 10.1 Å². The lowest BCUT2D eigenvalue weighted by molar-refractivity contribution is 0.137. The van der Waals surface area contributed by atoms with Gasteiger partial charge in [0.15, 0.2) is 0 Å². The van der Waals surface area contributed by atoms with Crippen molar-refractivity contribution >= 4 is 28.7 Å². The first-order valence-corrected chi connectivity index (χ1v) is 8.45. The maximum absolute atomic E-state index is 11.5. The summed E-state index contributed by atoms with van der Waals surface area (Å²) in [7, 11) is 0. The van der Waals surface area contributed by atoms with Crippen molar-refractivity contribution < 1.29 is 9.90 Å². The number of amides is 1. The molecule has 2 N–H and O–H groups in total. The number of nitrogens with zero attached hydrogens (tertiary/aromatic N) is 2. The van der Waals surface area contributed by atoms with Gasteiger partial charge in [0.1, 0.15) is 5.82 Å². The topological polar surface area (TPSA) is 69.2 Å². The lowest BCUT2D eigenvalue weighted by atomic mass is 10.0. The van der Waals surface area contributed by atoms with E-state index in [9.17, 15) is 9.90 Å². The summed E-state index contributed by atoms with van der Waals surface area (Å²) in [5.74, 6) is 0.764. The highest BCUT2D eigenvalue weighted by Crippen LogP contribution is 2.58. The molecule has 1 amide bonds. The standard InChI is InChI=1S/C16H16IN3O2/c17-11-3-1-10(2-4-11)12-8-18-14(19-12)13-7-16(5-6-16)9-20(13)15(21)22/h1-4,8,13H,5-7,9H2,(H,18,19)(H,21,22)/t13-/m0/s1. The third-order valence-electron chi connectivity index (χ3n) is 4.78. The molecule has 2 fully saturated rings. The van der Waals surface area contributed by atoms with Crippen LogP contribution in [0.5, 0.6) is 0 Å². The number of aromatic nitrogens is 2. The molecule has 1 spiro atoms. The van der Waals surface area contributed by atoms with Crippen molar-refractivity contribution in [2.45, 2.75) is 25.3 Å². The molecular formula is C16H16IN3O2. The second-order valence-corrected chi connectivity index (χ2v) is 7.57. The Morgan fingerprint density at radius 3 is 2.73 bits per heavy atom. The van der Waals surface area contributed by atoms with Crippen LogP contribution in [0.2, 0.25) is 0 Å². The number of likely N-dealkylation sites (tertiary alicyclic amines) is 1. The smallest absolute Gasteiger partial charge is 0.407 e. The van der Waals surface area contributed by atoms with Crippen molar-refractivity contribution in [1.29, 1.82) is 0 Å². The van der Waals surface area contributed by atoms with E-state index in [1.807, 2.05) is 12.1 Å². The van der Waals surface area contributed by atoms with E-state index >= 15 is 0 Å². The molecular weight excluding hydrogens is 393 g/mol. The Hall–Kier alpha value is -1.57. The van der Waals surface area contributed by atoms with Crippen LogP contribution < -0.4 is 0 Å². The minimum atomic E-state index is -0.846. The van der Waals surface area contributed by atoms with Gasteiger partial charge in [0.05, 0.1) is 17.9 Å². The molecule has 4 rings (SSSR count). The van der Waals surface area contributed by atoms with Crippen molar-refractivity contribution in [1.82, 2.24) is 14.9 Å². The van der Waals surface area contributed by atoms with E-state index in [2.05, 4.69) is 44.7 Å². The number of H-pyrrole nitrogens is 1. The predicted octanol–water partition coefficient (Wildman–Crippen LogP) is 3.89. The minimum Gasteiger partial charge on any atom is -0.465 e. The number of nitrogens with one attached hydrogen (secondary N) is 1. The van der Waals surface area contributed by atoms with E-state index < -0.39 is 6.09 Å². The zero-order valence-electron chi connectivity index (χ0n) is 11.9. The highest BCUT2D eigenvalue weighted by Gasteiger charge is 2.54. The lowest BCUT2D eigenvalue weighted by Gasteiger charge is -2.19. The molecule has 0 unspecified atom stereocenters. The molecule has 22 heavy (non-hydrogen) atoms. The van der Waals surface area contributed by atoms with Crippen LogP contribution in [0.4, 0.5) is 4.79 Å². The number of carboxylic acid groups (broad SMARTS) is 1. The fourth-order valence-corrected chi connectivity index (χ4v) is 3.68. The number of benzene rings is 1. The molecule has 1 aliphatic carbocycles. The van der Waals surface area contributed by atoms with Crippen LogP contribution in [-0.2, 0) is 0 Å². The first-order chi connectivity index (χ1) is 10.6. The van der Waals surface area contributed by atoms with Gasteiger partial charge < -0.3 is 10.1 Å². The number of carbonyl (C=O) groups is 1. The van der Waals surface area contributed by atoms with Crippen LogP contribution in [0.25, 0.3) is 11.3 Å². The van der Waals surface area contributed by atoms with E-state index in [0.717, 1.165) is 36.3 Å². The molecule has 6 heteroatoms. The molecule has 2 heterocycles. The molecule has 1 atom stereocenters. The maximum Gasteiger partial charge on any atom is 0.407 e. The normalized spacial score (nSPS) is 22.2. The lowest BCUT2D eigenvalue weighted by Crippen LogP contribution is -2.30. The Morgan fingerprint density at radius 1 is 1.36 bits per heavy atom. The molecule has 2 aromatic rings. The van der Waals surface area contributed by atoms with Gasteiger partial charge >= 0.3 is 6.09 Å². The molecule has 2 aliphatic rings. The SMILES string of the molecule is O=C(O)N1CC2(CC2)C[C@H]1c1ncc(-c2ccc(I)cc2)[nH]1. The average molecular weight is 409 g/mol. The van der Waals surface area contributed by atoms with Crippen LogP contribution in [0, 0.1) is 8.99 Å². The Bertz CT molecular complexity index is 721. The zero-order valence-corrected chi connectivity index (χ0v) is 14.1. The number of hydrogen-bond donors (Lipinski definition) is 2. The molecule has 5 nitrogen and oxygen atoms in total. The van der Waals surface area contributed by atoms with Gasteiger partial charge in [-0.1, -0.05) is 12.1 Å². The Labute approximate surface area is 141 Å². The zero-order chi connectivity index (χ0) is 15.3. The van der Waals surface area contributed by atoms with E-state index in [4.69, 9.17) is 0 Å². The summed E-state index contributed by atoms with van der Waals surface area (Å²) in [4.78, 5) is 20.8. The van der Waals surface area contributed by atoms with Crippen LogP contribution in [0.1, 0.15) is 31.1 Å². The second kappa shape index (κ2) is 4.97. The van der Waals surface area contributed by atoms with E-state index in [1.165, 1.54) is 3.57 Å². The maximum atomic E-state index is 11.5. The quantitative estimate of drug-likeness (QED) is 0.740. The van der Waals surface area contributed by atoms with Crippen molar-refractivity contribution in [2.24, 2.45) is 5.41 Å². The van der Waals surface area contributed by atoms with Crippen molar-refractivity contribution in [3.05, 3.63) is 39.9 Å². The van der Waals surface area contributed by atoms with Gasteiger partial charge in [-0.15, -0.1) is 0 Å². The van der Waals surface area contributed by atoms with E-state index in [0.29, 0.717) is 6.54 Å². The molecule has 0 bridgehead atoms. The van der Waals surface area contributed by atoms with E-state index in [-0.39, 0.29) is 11.5 Å². The largest absolute Gasteiger partial charge is 0.465 e. The molecule has 114 valence electrons. The fourth-order valence-electron chi connectivity index (χ4n) is 3.32. The van der Waals surface area contributed by atoms with Crippen LogP contribution in [0.15, 0.2) is 30.5 Å². The number of rotatable bonds is 2. The van der Waals surface area contributed by atoms with Gasteiger partial charge in [-0.05, 0) is 65.0 Å². The summed E-state index contributed by atoms with van der Waals surface area (Å²) in [5, 5.41) is 9.44. The van der Waals surface area contributed by atoms with Crippen LogP contribution in [0.3, 0.4) is 0 Å². The van der Waals surface area contributed by atoms with Gasteiger partial charge in [-0.2, -0.15) is 0 Å². The molecule has 1 saturated carbocycles. The highest BCUT2D eigenvalue weighted by atomic mass is 127. The Balaban J connectivity index is 1.63. The molecule has 1 saturated heterocycles. The van der Waals surface area contributed by atoms with Gasteiger partial charge in [0.25, 0.3) is 0 Å². The number of halogens is 1. The van der Waals surface area contributed by atoms with Crippen molar-refractivity contribution in [3.8, 4) is 11.3 Å². The van der Waals surface area contributed by atoms with E-state index in [1.54, 1.807) is 11.1 Å². The van der Waals surface area contributed by atoms with Crippen LogP contribution >= 0.6 is 22.6 Å². The predicted molar refractivity (Wildman–Crippen MR) is 90.5 cm³/mol. The second-order valence-electron chi connectivity index (χ2n) is 6.32. The summed E-state index contributed by atoms with van der Waals surface area (Å²) in [6.07, 6.45) is 4.12. The Morgan fingerprint density at radius 2 is 2.09 bits per heavy atom. The third-order valence-corrected chi connectivity index (χ3v) is 5.50. The summed E-state index contributed by atoms with van der Waals surface area (Å²) in [6, 6.07) is 8.05. The summed E-state index contributed by atoms with van der Waals surface area (Å²) in [6.45, 7) is 0.645. The molecule has 0 radical (unpaired) electrons. The Kier molecular flexibility index (Phi) is 3.18. The summed E-state index contributed by atoms with van der Waals surface area (Å²) >= 11 is 2.27. The average Bonchev–Trinajstić information content (AvgIpc) is 2.93. The van der Waals surface area contributed by atoms with Gasteiger partial charge in [0.2, 0.25) is 0 Å². The van der Waals surface area contributed by atoms with Crippen LogP contribution in [-0.4, -0.2) is 32.6 Å². The molecule has 1 aromatic heterocycles. The minimum absolute atomic E-state index is 0.141. The monoisotopic (exact) mass is 409 g/mol. The number of aromatic amines is 1. The summed E-state index contributed by atoms with van der Waals surface area (Å²) < 4.78 is 1.18. The first-order valence-electron chi connectivity index (χ1n) is 7.37. The third kappa shape index (κ3) is 2.39. The first kappa shape index (κ1) is 14.0. The van der Waals surface area contributed by atoms with Crippen molar-refractivity contribution in [2.75, 3.05) is 6.54 Å². The highest BCUT2D eigenvalue weighted by molar-refractivity contribution is 14.1. The number of imidazole rings is 1. The summed E-state index contributed by atoms with van der Waals surface area (Å²) in [5.41, 5.74) is 2.23. The molecule has 1 aromatic carbocycles. The van der Waals surface area contributed by atoms with Crippen molar-refractivity contribution in [3.63, 3.8) is 0 Å². The molecule has 1 aliphatic heterocycles. The van der Waals surface area contributed by atoms with Gasteiger partial charge in [-0.25, -0.2) is 9.78 Å².